The number of rotatable bonds is 0. The Morgan fingerprint density at radius 1 is 1.53 bits per heavy atom. The number of ether oxygens (including phenoxy) is 1. The topological polar surface area (TPSA) is 38.3 Å². The summed E-state index contributed by atoms with van der Waals surface area (Å²) in [4.78, 5) is 11.5. The molecule has 1 atom stereocenters. The van der Waals surface area contributed by atoms with Crippen molar-refractivity contribution in [3.63, 3.8) is 0 Å². The molecule has 0 radical (unpaired) electrons. The lowest BCUT2D eigenvalue weighted by molar-refractivity contribution is -0.117. The monoisotopic (exact) mass is 269 g/mol. The highest BCUT2D eigenvalue weighted by atomic mass is 79.9. The summed E-state index contributed by atoms with van der Waals surface area (Å²) >= 11 is 3.39. The second-order valence-corrected chi connectivity index (χ2v) is 4.70. The Bertz CT molecular complexity index is 417. The third-order valence-electron chi connectivity index (χ3n) is 2.31. The van der Waals surface area contributed by atoms with Crippen LogP contribution in [0.1, 0.15) is 18.9 Å². The smallest absolute Gasteiger partial charge is 0.228 e. The van der Waals surface area contributed by atoms with E-state index in [0.717, 1.165) is 21.5 Å². The number of aryl methyl sites for hydroxylation is 1. The van der Waals surface area contributed by atoms with Gasteiger partial charge in [0.1, 0.15) is 11.9 Å². The van der Waals surface area contributed by atoms with Gasteiger partial charge in [0.25, 0.3) is 0 Å². The van der Waals surface area contributed by atoms with Gasteiger partial charge in [-0.15, -0.1) is 0 Å². The molecule has 0 aliphatic carbocycles. The molecule has 0 saturated heterocycles. The molecule has 1 aliphatic rings. The highest BCUT2D eigenvalue weighted by Gasteiger charge is 2.20. The number of carbonyl (C=O) groups excluding carboxylic acids is 1. The first-order valence-corrected chi connectivity index (χ1v) is 5.62. The molecule has 4 heteroatoms. The number of halogens is 1. The predicted octanol–water partition coefficient (Wildman–Crippen LogP) is 2.87. The molecule has 1 N–H and O–H groups in total. The van der Waals surface area contributed by atoms with Crippen LogP contribution in [-0.4, -0.2) is 12.0 Å². The van der Waals surface area contributed by atoms with Gasteiger partial charge in [-0.3, -0.25) is 4.79 Å². The fourth-order valence-electron chi connectivity index (χ4n) is 1.68. The maximum atomic E-state index is 11.5. The minimum atomic E-state index is -0.0777. The first-order valence-electron chi connectivity index (χ1n) is 4.83. The van der Waals surface area contributed by atoms with Gasteiger partial charge in [-0.25, -0.2) is 0 Å². The zero-order chi connectivity index (χ0) is 11.0. The van der Waals surface area contributed by atoms with Crippen LogP contribution in [0.4, 0.5) is 5.69 Å². The molecule has 1 aromatic carbocycles. The minimum absolute atomic E-state index is 0.00116. The van der Waals surface area contributed by atoms with Gasteiger partial charge in [-0.1, -0.05) is 15.9 Å². The Kier molecular flexibility index (Phi) is 2.69. The Balaban J connectivity index is 2.50. The van der Waals surface area contributed by atoms with E-state index in [0.29, 0.717) is 6.42 Å². The lowest BCUT2D eigenvalue weighted by Gasteiger charge is -2.14. The van der Waals surface area contributed by atoms with Crippen LogP contribution in [0.2, 0.25) is 0 Å². The van der Waals surface area contributed by atoms with Crippen molar-refractivity contribution >= 4 is 27.5 Å². The van der Waals surface area contributed by atoms with Crippen molar-refractivity contribution in [1.82, 2.24) is 0 Å². The fraction of sp³-hybridized carbons (Fsp3) is 0.364. The predicted molar refractivity (Wildman–Crippen MR) is 62.2 cm³/mol. The molecule has 15 heavy (non-hydrogen) atoms. The summed E-state index contributed by atoms with van der Waals surface area (Å²) in [6.45, 7) is 3.87. The van der Waals surface area contributed by atoms with Crippen molar-refractivity contribution < 1.29 is 9.53 Å². The third-order valence-corrected chi connectivity index (χ3v) is 2.76. The standard InChI is InChI=1S/C11H12BrNO2/c1-6-3-8(12)5-9-11(6)15-7(2)4-10(14)13-9/h3,5,7H,4H2,1-2H3,(H,13,14). The quantitative estimate of drug-likeness (QED) is 0.787. The number of hydrogen-bond acceptors (Lipinski definition) is 2. The van der Waals surface area contributed by atoms with E-state index in [-0.39, 0.29) is 12.0 Å². The Labute approximate surface area is 96.9 Å². The van der Waals surface area contributed by atoms with Crippen molar-refractivity contribution in [2.24, 2.45) is 0 Å². The van der Waals surface area contributed by atoms with Crippen LogP contribution in [0.25, 0.3) is 0 Å². The summed E-state index contributed by atoms with van der Waals surface area (Å²) in [6.07, 6.45) is 0.317. The van der Waals surface area contributed by atoms with Crippen LogP contribution >= 0.6 is 15.9 Å². The van der Waals surface area contributed by atoms with Crippen LogP contribution < -0.4 is 10.1 Å². The van der Waals surface area contributed by atoms with Crippen LogP contribution in [-0.2, 0) is 4.79 Å². The number of anilines is 1. The number of amides is 1. The molecule has 1 heterocycles. The van der Waals surface area contributed by atoms with Gasteiger partial charge in [0, 0.05) is 4.47 Å². The Morgan fingerprint density at radius 2 is 2.27 bits per heavy atom. The first-order chi connectivity index (χ1) is 7.06. The third kappa shape index (κ3) is 2.15. The maximum Gasteiger partial charge on any atom is 0.228 e. The summed E-state index contributed by atoms with van der Waals surface area (Å²) in [5.41, 5.74) is 1.77. The molecule has 80 valence electrons. The number of nitrogens with one attached hydrogen (secondary N) is 1. The number of fused-ring (bicyclic) bond motifs is 1. The SMILES string of the molecule is Cc1cc(Br)cc2c1OC(C)CC(=O)N2. The maximum absolute atomic E-state index is 11.5. The van der Waals surface area contributed by atoms with Gasteiger partial charge in [0.05, 0.1) is 12.1 Å². The zero-order valence-corrected chi connectivity index (χ0v) is 10.2. The van der Waals surface area contributed by atoms with Gasteiger partial charge in [0.2, 0.25) is 5.91 Å². The van der Waals surface area contributed by atoms with Gasteiger partial charge in [0.15, 0.2) is 0 Å². The molecule has 0 aromatic heterocycles. The molecular formula is C11H12BrNO2. The number of benzene rings is 1. The summed E-state index contributed by atoms with van der Waals surface area (Å²) in [7, 11) is 0. The molecule has 1 aromatic rings. The van der Waals surface area contributed by atoms with Crippen LogP contribution in [0.15, 0.2) is 16.6 Å². The molecule has 2 rings (SSSR count). The fourth-order valence-corrected chi connectivity index (χ4v) is 2.26. The lowest BCUT2D eigenvalue weighted by Crippen LogP contribution is -2.17. The van der Waals surface area contributed by atoms with Crippen molar-refractivity contribution in [2.45, 2.75) is 26.4 Å². The van der Waals surface area contributed by atoms with Gasteiger partial charge >= 0.3 is 0 Å². The Morgan fingerprint density at radius 3 is 3.00 bits per heavy atom. The van der Waals surface area contributed by atoms with Crippen LogP contribution in [0.5, 0.6) is 5.75 Å². The van der Waals surface area contributed by atoms with E-state index >= 15 is 0 Å². The number of hydrogen-bond donors (Lipinski definition) is 1. The molecule has 0 spiro atoms. The highest BCUT2D eigenvalue weighted by Crippen LogP contribution is 2.35. The van der Waals surface area contributed by atoms with Crippen LogP contribution in [0.3, 0.4) is 0 Å². The highest BCUT2D eigenvalue weighted by molar-refractivity contribution is 9.10. The average molecular weight is 270 g/mol. The van der Waals surface area contributed by atoms with Crippen molar-refractivity contribution in [1.29, 1.82) is 0 Å². The van der Waals surface area contributed by atoms with E-state index in [2.05, 4.69) is 21.2 Å². The van der Waals surface area contributed by atoms with Crippen molar-refractivity contribution in [2.75, 3.05) is 5.32 Å². The second kappa shape index (κ2) is 3.85. The van der Waals surface area contributed by atoms with E-state index in [1.165, 1.54) is 0 Å². The van der Waals surface area contributed by atoms with E-state index in [4.69, 9.17) is 4.74 Å². The molecule has 0 bridgehead atoms. The summed E-state index contributed by atoms with van der Waals surface area (Å²) < 4.78 is 6.65. The molecular weight excluding hydrogens is 258 g/mol. The van der Waals surface area contributed by atoms with Crippen molar-refractivity contribution in [3.8, 4) is 5.75 Å². The normalized spacial score (nSPS) is 19.9. The minimum Gasteiger partial charge on any atom is -0.488 e. The van der Waals surface area contributed by atoms with Gasteiger partial charge < -0.3 is 10.1 Å². The van der Waals surface area contributed by atoms with Crippen molar-refractivity contribution in [3.05, 3.63) is 22.2 Å². The number of carbonyl (C=O) groups is 1. The molecule has 3 nitrogen and oxygen atoms in total. The molecule has 1 amide bonds. The van der Waals surface area contributed by atoms with E-state index in [1.54, 1.807) is 0 Å². The summed E-state index contributed by atoms with van der Waals surface area (Å²) in [5, 5.41) is 2.84. The molecule has 1 aliphatic heterocycles. The van der Waals surface area contributed by atoms with Crippen LogP contribution in [0, 0.1) is 6.92 Å². The Hall–Kier alpha value is -1.03. The molecule has 1 unspecified atom stereocenters. The van der Waals surface area contributed by atoms with Gasteiger partial charge in [-0.05, 0) is 31.5 Å². The van der Waals surface area contributed by atoms with Gasteiger partial charge in [-0.2, -0.15) is 0 Å². The average Bonchev–Trinajstić information content (AvgIpc) is 2.22. The lowest BCUT2D eigenvalue weighted by atomic mass is 10.2. The van der Waals surface area contributed by atoms with E-state index < -0.39 is 0 Å². The molecule has 0 fully saturated rings. The zero-order valence-electron chi connectivity index (χ0n) is 8.63. The molecule has 0 saturated carbocycles. The summed E-state index contributed by atoms with van der Waals surface area (Å²) in [5.74, 6) is 0.773. The second-order valence-electron chi connectivity index (χ2n) is 3.78. The van der Waals surface area contributed by atoms with E-state index in [9.17, 15) is 4.79 Å². The first kappa shape index (κ1) is 10.5. The van der Waals surface area contributed by atoms with E-state index in [1.807, 2.05) is 26.0 Å². The largest absolute Gasteiger partial charge is 0.488 e. The summed E-state index contributed by atoms with van der Waals surface area (Å²) in [6, 6.07) is 3.83.